The van der Waals surface area contributed by atoms with Gasteiger partial charge in [0.25, 0.3) is 0 Å². The lowest BCUT2D eigenvalue weighted by Crippen LogP contribution is -1.68. The zero-order valence-electron chi connectivity index (χ0n) is 7.46. The second-order valence-electron chi connectivity index (χ2n) is 1.79. The summed E-state index contributed by atoms with van der Waals surface area (Å²) < 4.78 is 0. The van der Waals surface area contributed by atoms with E-state index in [1.807, 2.05) is 0 Å². The molecule has 0 aromatic carbocycles. The van der Waals surface area contributed by atoms with E-state index in [-0.39, 0.29) is 13.2 Å². The molecule has 0 atom stereocenters. The molecular formula is C12H8O2. The Labute approximate surface area is 83.6 Å². The Morgan fingerprint density at radius 1 is 0.714 bits per heavy atom. The van der Waals surface area contributed by atoms with Gasteiger partial charge in [-0.3, -0.25) is 0 Å². The molecule has 0 fully saturated rings. The quantitative estimate of drug-likeness (QED) is 0.500. The van der Waals surface area contributed by atoms with Crippen LogP contribution >= 0.6 is 0 Å². The molecule has 2 N–H and O–H groups in total. The molecule has 0 aromatic heterocycles. The summed E-state index contributed by atoms with van der Waals surface area (Å²) in [5.41, 5.74) is 0. The molecule has 0 unspecified atom stereocenters. The smallest absolute Gasteiger partial charge is 0.105 e. The minimum atomic E-state index is -0.186. The van der Waals surface area contributed by atoms with Crippen LogP contribution in [0.5, 0.6) is 0 Å². The minimum Gasteiger partial charge on any atom is -0.384 e. The SMILES string of the molecule is OCC#CC#C/C=C/C#CC#CCO. The largest absolute Gasteiger partial charge is 0.384 e. The van der Waals surface area contributed by atoms with Crippen molar-refractivity contribution in [2.45, 2.75) is 0 Å². The molecule has 0 rings (SSSR count). The molecule has 2 nitrogen and oxygen atoms in total. The molecule has 0 aliphatic heterocycles. The molecule has 2 heteroatoms. The average molecular weight is 184 g/mol. The Morgan fingerprint density at radius 3 is 1.50 bits per heavy atom. The topological polar surface area (TPSA) is 40.5 Å². The van der Waals surface area contributed by atoms with Crippen molar-refractivity contribution in [3.05, 3.63) is 12.2 Å². The van der Waals surface area contributed by atoms with Crippen molar-refractivity contribution in [3.63, 3.8) is 0 Å². The monoisotopic (exact) mass is 184 g/mol. The first-order chi connectivity index (χ1) is 6.91. The van der Waals surface area contributed by atoms with Gasteiger partial charge in [0.05, 0.1) is 0 Å². The molecule has 0 heterocycles. The fourth-order valence-electron chi connectivity index (χ4n) is 0.406. The lowest BCUT2D eigenvalue weighted by Gasteiger charge is -1.64. The standard InChI is InChI=1S/C12H8O2/c13-11-9-7-5-3-1-2-4-6-8-10-12-14/h1-2,13-14H,11-12H2/b2-1+. The highest BCUT2D eigenvalue weighted by molar-refractivity contribution is 5.36. The summed E-state index contributed by atoms with van der Waals surface area (Å²) >= 11 is 0. The number of allylic oxidation sites excluding steroid dienone is 2. The van der Waals surface area contributed by atoms with Crippen LogP contribution in [0.3, 0.4) is 0 Å². The molecule has 0 aliphatic carbocycles. The summed E-state index contributed by atoms with van der Waals surface area (Å²) in [6.07, 6.45) is 3.05. The molecule has 0 saturated carbocycles. The van der Waals surface area contributed by atoms with E-state index in [0.29, 0.717) is 0 Å². The van der Waals surface area contributed by atoms with Crippen LogP contribution in [0.2, 0.25) is 0 Å². The average Bonchev–Trinajstić information content (AvgIpc) is 2.21. The second-order valence-corrected chi connectivity index (χ2v) is 1.79. The maximum Gasteiger partial charge on any atom is 0.105 e. The Hall–Kier alpha value is -2.10. The van der Waals surface area contributed by atoms with Gasteiger partial charge in [-0.05, 0) is 35.8 Å². The molecular weight excluding hydrogens is 176 g/mol. The lowest BCUT2D eigenvalue weighted by molar-refractivity contribution is 0.350. The van der Waals surface area contributed by atoms with E-state index in [1.165, 1.54) is 12.2 Å². The molecule has 68 valence electrons. The highest BCUT2D eigenvalue weighted by atomic mass is 16.3. The molecule has 0 radical (unpaired) electrons. The third kappa shape index (κ3) is 9.90. The molecule has 0 saturated heterocycles. The van der Waals surface area contributed by atoms with Crippen molar-refractivity contribution in [2.75, 3.05) is 13.2 Å². The van der Waals surface area contributed by atoms with Crippen LogP contribution in [0.1, 0.15) is 0 Å². The molecule has 0 spiro atoms. The maximum absolute atomic E-state index is 8.27. The fourth-order valence-corrected chi connectivity index (χ4v) is 0.406. The van der Waals surface area contributed by atoms with Crippen LogP contribution in [0.4, 0.5) is 0 Å². The Bertz CT molecular complexity index is 372. The van der Waals surface area contributed by atoms with Crippen molar-refractivity contribution < 1.29 is 10.2 Å². The van der Waals surface area contributed by atoms with Gasteiger partial charge in [0.1, 0.15) is 13.2 Å². The van der Waals surface area contributed by atoms with Crippen molar-refractivity contribution in [3.8, 4) is 47.4 Å². The Kier molecular flexibility index (Phi) is 9.27. The van der Waals surface area contributed by atoms with E-state index < -0.39 is 0 Å². The summed E-state index contributed by atoms with van der Waals surface area (Å²) in [6.45, 7) is -0.371. The van der Waals surface area contributed by atoms with Crippen molar-refractivity contribution in [2.24, 2.45) is 0 Å². The van der Waals surface area contributed by atoms with Crippen molar-refractivity contribution >= 4 is 0 Å². The zero-order chi connectivity index (χ0) is 10.5. The molecule has 0 aliphatic rings. The third-order valence-electron chi connectivity index (χ3n) is 0.854. The van der Waals surface area contributed by atoms with Gasteiger partial charge in [0.2, 0.25) is 0 Å². The van der Waals surface area contributed by atoms with E-state index in [2.05, 4.69) is 47.4 Å². The van der Waals surface area contributed by atoms with Crippen LogP contribution in [-0.4, -0.2) is 23.4 Å². The second kappa shape index (κ2) is 10.9. The number of hydrogen-bond acceptors (Lipinski definition) is 2. The van der Waals surface area contributed by atoms with Crippen LogP contribution in [0, 0.1) is 47.4 Å². The first-order valence-corrected chi connectivity index (χ1v) is 3.75. The van der Waals surface area contributed by atoms with E-state index in [9.17, 15) is 0 Å². The minimum absolute atomic E-state index is 0.186. The number of rotatable bonds is 0. The lowest BCUT2D eigenvalue weighted by atomic mass is 10.4. The van der Waals surface area contributed by atoms with Crippen LogP contribution in [-0.2, 0) is 0 Å². The van der Waals surface area contributed by atoms with E-state index in [1.54, 1.807) is 0 Å². The van der Waals surface area contributed by atoms with Gasteiger partial charge in [0.15, 0.2) is 0 Å². The van der Waals surface area contributed by atoms with Crippen LogP contribution in [0.25, 0.3) is 0 Å². The maximum atomic E-state index is 8.27. The fraction of sp³-hybridized carbons (Fsp3) is 0.167. The summed E-state index contributed by atoms with van der Waals surface area (Å²) in [5.74, 6) is 19.8. The first kappa shape index (κ1) is 11.9. The van der Waals surface area contributed by atoms with Crippen molar-refractivity contribution in [1.29, 1.82) is 0 Å². The van der Waals surface area contributed by atoms with Crippen molar-refractivity contribution in [1.82, 2.24) is 0 Å². The summed E-state index contributed by atoms with van der Waals surface area (Å²) in [7, 11) is 0. The van der Waals surface area contributed by atoms with E-state index in [0.717, 1.165) is 0 Å². The molecule has 0 amide bonds. The molecule has 0 bridgehead atoms. The normalized spacial score (nSPS) is 6.71. The highest BCUT2D eigenvalue weighted by Gasteiger charge is 1.60. The van der Waals surface area contributed by atoms with Crippen LogP contribution in [0.15, 0.2) is 12.2 Å². The Balaban J connectivity index is 3.92. The van der Waals surface area contributed by atoms with Crippen LogP contribution < -0.4 is 0 Å². The summed E-state index contributed by atoms with van der Waals surface area (Å²) in [5, 5.41) is 16.5. The zero-order valence-corrected chi connectivity index (χ0v) is 7.46. The summed E-state index contributed by atoms with van der Waals surface area (Å²) in [6, 6.07) is 0. The van der Waals surface area contributed by atoms with Gasteiger partial charge in [-0.2, -0.15) is 0 Å². The third-order valence-corrected chi connectivity index (χ3v) is 0.854. The van der Waals surface area contributed by atoms with Gasteiger partial charge >= 0.3 is 0 Å². The summed E-state index contributed by atoms with van der Waals surface area (Å²) in [4.78, 5) is 0. The van der Waals surface area contributed by atoms with E-state index >= 15 is 0 Å². The van der Waals surface area contributed by atoms with Gasteiger partial charge in [-0.15, -0.1) is 0 Å². The Morgan fingerprint density at radius 2 is 1.14 bits per heavy atom. The van der Waals surface area contributed by atoms with Gasteiger partial charge in [-0.1, -0.05) is 23.7 Å². The first-order valence-electron chi connectivity index (χ1n) is 3.75. The van der Waals surface area contributed by atoms with E-state index in [4.69, 9.17) is 10.2 Å². The number of aliphatic hydroxyl groups is 2. The predicted octanol–water partition coefficient (Wildman–Crippen LogP) is -0.459. The molecule has 0 aromatic rings. The number of hydrogen-bond donors (Lipinski definition) is 2. The molecule has 14 heavy (non-hydrogen) atoms. The highest BCUT2D eigenvalue weighted by Crippen LogP contribution is 1.66. The predicted molar refractivity (Wildman–Crippen MR) is 54.4 cm³/mol. The van der Waals surface area contributed by atoms with Gasteiger partial charge in [0, 0.05) is 0 Å². The number of aliphatic hydroxyl groups excluding tert-OH is 2. The van der Waals surface area contributed by atoms with Gasteiger partial charge in [-0.25, -0.2) is 0 Å². The van der Waals surface area contributed by atoms with Gasteiger partial charge < -0.3 is 10.2 Å².